The number of hydrogen-bond acceptors (Lipinski definition) is 5. The molecular formula is C16H16ClN5OS. The summed E-state index contributed by atoms with van der Waals surface area (Å²) in [4.78, 5) is 9.76. The van der Waals surface area contributed by atoms with Gasteiger partial charge in [0.25, 0.3) is 0 Å². The lowest BCUT2D eigenvalue weighted by Crippen LogP contribution is -2.36. The molecule has 0 radical (unpaired) electrons. The molecule has 3 rings (SSSR count). The van der Waals surface area contributed by atoms with Gasteiger partial charge < -0.3 is 15.2 Å². The lowest BCUT2D eigenvalue weighted by molar-refractivity contribution is 0.375. The summed E-state index contributed by atoms with van der Waals surface area (Å²) in [5, 5.41) is 13.0. The fraction of sp³-hybridized carbons (Fsp3) is 0.188. The van der Waals surface area contributed by atoms with Gasteiger partial charge >= 0.3 is 0 Å². The van der Waals surface area contributed by atoms with Crippen LogP contribution in [0.5, 0.6) is 0 Å². The van der Waals surface area contributed by atoms with E-state index in [4.69, 9.17) is 16.1 Å². The zero-order chi connectivity index (χ0) is 16.8. The highest BCUT2D eigenvalue weighted by Gasteiger charge is 2.09. The van der Waals surface area contributed by atoms with Crippen molar-refractivity contribution in [2.45, 2.75) is 13.1 Å². The Labute approximate surface area is 148 Å². The summed E-state index contributed by atoms with van der Waals surface area (Å²) in [6.45, 7) is 1.10. The summed E-state index contributed by atoms with van der Waals surface area (Å²) in [5.41, 5.74) is 0.817. The van der Waals surface area contributed by atoms with Crippen LogP contribution in [0.25, 0.3) is 11.4 Å². The van der Waals surface area contributed by atoms with Crippen molar-refractivity contribution in [3.05, 3.63) is 57.6 Å². The van der Waals surface area contributed by atoms with E-state index < -0.39 is 0 Å². The summed E-state index contributed by atoms with van der Waals surface area (Å²) in [6.07, 6.45) is 0. The first kappa shape index (κ1) is 16.5. The Bertz CT molecular complexity index is 816. The summed E-state index contributed by atoms with van der Waals surface area (Å²) in [5.74, 6) is 1.66. The van der Waals surface area contributed by atoms with E-state index in [2.05, 4.69) is 31.8 Å². The molecule has 0 fully saturated rings. The van der Waals surface area contributed by atoms with Gasteiger partial charge in [-0.2, -0.15) is 4.98 Å². The fourth-order valence-electron chi connectivity index (χ4n) is 2.04. The van der Waals surface area contributed by atoms with E-state index in [1.54, 1.807) is 30.5 Å². The van der Waals surface area contributed by atoms with Gasteiger partial charge in [0, 0.05) is 22.5 Å². The van der Waals surface area contributed by atoms with E-state index in [0.717, 1.165) is 12.1 Å². The van der Waals surface area contributed by atoms with Crippen LogP contribution in [0.4, 0.5) is 0 Å². The van der Waals surface area contributed by atoms with Crippen molar-refractivity contribution >= 4 is 28.9 Å². The molecule has 6 nitrogen and oxygen atoms in total. The van der Waals surface area contributed by atoms with Crippen LogP contribution in [0.3, 0.4) is 0 Å². The monoisotopic (exact) mass is 361 g/mol. The number of nitrogens with one attached hydrogen (secondary N) is 2. The van der Waals surface area contributed by atoms with Gasteiger partial charge in [0.05, 0.1) is 13.1 Å². The Hall–Kier alpha value is -2.38. The Morgan fingerprint density at radius 1 is 1.25 bits per heavy atom. The number of guanidine groups is 1. The third-order valence-corrected chi connectivity index (χ3v) is 4.30. The molecule has 0 unspecified atom stereocenters. The van der Waals surface area contributed by atoms with Gasteiger partial charge in [-0.05, 0) is 23.6 Å². The molecule has 3 aromatic rings. The van der Waals surface area contributed by atoms with Gasteiger partial charge in [0.1, 0.15) is 0 Å². The summed E-state index contributed by atoms with van der Waals surface area (Å²) in [6, 6.07) is 11.4. The van der Waals surface area contributed by atoms with Crippen molar-refractivity contribution in [3.63, 3.8) is 0 Å². The number of nitrogens with zero attached hydrogens (tertiary/aromatic N) is 3. The highest BCUT2D eigenvalue weighted by molar-refractivity contribution is 7.09. The standard InChI is InChI=1S/C16H16ClN5OS/c1-18-16(19-9-13-6-3-7-24-13)20-10-14-21-15(22-23-14)11-4-2-5-12(17)8-11/h2-8H,9-10H2,1H3,(H2,18,19,20). The Morgan fingerprint density at radius 3 is 2.88 bits per heavy atom. The zero-order valence-electron chi connectivity index (χ0n) is 13.0. The first-order chi connectivity index (χ1) is 11.7. The second-order valence-corrected chi connectivity index (χ2v) is 6.35. The maximum atomic E-state index is 5.98. The van der Waals surface area contributed by atoms with Crippen LogP contribution in [0.15, 0.2) is 51.3 Å². The van der Waals surface area contributed by atoms with E-state index in [1.165, 1.54) is 4.88 Å². The molecule has 2 heterocycles. The summed E-state index contributed by atoms with van der Waals surface area (Å²) >= 11 is 7.67. The molecule has 2 N–H and O–H groups in total. The number of hydrogen-bond donors (Lipinski definition) is 2. The Kier molecular flexibility index (Phi) is 5.45. The molecule has 0 saturated heterocycles. The minimum absolute atomic E-state index is 0.387. The molecule has 0 saturated carbocycles. The molecule has 0 bridgehead atoms. The molecule has 0 spiro atoms. The highest BCUT2D eigenvalue weighted by atomic mass is 35.5. The van der Waals surface area contributed by atoms with Crippen LogP contribution in [0.1, 0.15) is 10.8 Å². The van der Waals surface area contributed by atoms with Crippen molar-refractivity contribution in [2.75, 3.05) is 7.05 Å². The van der Waals surface area contributed by atoms with Crippen molar-refractivity contribution in [2.24, 2.45) is 4.99 Å². The average Bonchev–Trinajstić information content (AvgIpc) is 3.27. The van der Waals surface area contributed by atoms with Gasteiger partial charge in [0.15, 0.2) is 5.96 Å². The number of rotatable bonds is 5. The van der Waals surface area contributed by atoms with E-state index in [0.29, 0.717) is 29.2 Å². The van der Waals surface area contributed by atoms with Crippen LogP contribution in [0.2, 0.25) is 5.02 Å². The van der Waals surface area contributed by atoms with Crippen molar-refractivity contribution in [3.8, 4) is 11.4 Å². The van der Waals surface area contributed by atoms with Crippen molar-refractivity contribution in [1.82, 2.24) is 20.8 Å². The lowest BCUT2D eigenvalue weighted by atomic mass is 10.2. The normalized spacial score (nSPS) is 11.5. The van der Waals surface area contributed by atoms with Gasteiger partial charge in [0.2, 0.25) is 11.7 Å². The smallest absolute Gasteiger partial charge is 0.246 e. The van der Waals surface area contributed by atoms with Crippen LogP contribution >= 0.6 is 22.9 Å². The van der Waals surface area contributed by atoms with Gasteiger partial charge in [-0.25, -0.2) is 0 Å². The van der Waals surface area contributed by atoms with Gasteiger partial charge in [-0.1, -0.05) is 35.0 Å². The van der Waals surface area contributed by atoms with Crippen LogP contribution < -0.4 is 10.6 Å². The van der Waals surface area contributed by atoms with Crippen molar-refractivity contribution in [1.29, 1.82) is 0 Å². The SMILES string of the molecule is CN=C(NCc1nc(-c2cccc(Cl)c2)no1)NCc1cccs1. The van der Waals surface area contributed by atoms with Crippen LogP contribution in [0, 0.1) is 0 Å². The first-order valence-corrected chi connectivity index (χ1v) is 8.56. The predicted molar refractivity (Wildman–Crippen MR) is 96.1 cm³/mol. The van der Waals surface area contributed by atoms with Crippen LogP contribution in [-0.4, -0.2) is 23.1 Å². The summed E-state index contributed by atoms with van der Waals surface area (Å²) in [7, 11) is 1.72. The molecule has 1 aromatic carbocycles. The number of halogens is 1. The quantitative estimate of drug-likeness (QED) is 0.538. The van der Waals surface area contributed by atoms with E-state index in [1.807, 2.05) is 23.6 Å². The predicted octanol–water partition coefficient (Wildman–Crippen LogP) is 3.32. The average molecular weight is 362 g/mol. The minimum atomic E-state index is 0.387. The molecule has 0 amide bonds. The Balaban J connectivity index is 1.56. The molecule has 0 aliphatic rings. The van der Waals surface area contributed by atoms with Crippen LogP contribution in [-0.2, 0) is 13.1 Å². The molecular weight excluding hydrogens is 346 g/mol. The number of thiophene rings is 1. The Morgan fingerprint density at radius 2 is 2.12 bits per heavy atom. The molecule has 124 valence electrons. The fourth-order valence-corrected chi connectivity index (χ4v) is 2.87. The molecule has 0 aliphatic carbocycles. The molecule has 8 heteroatoms. The lowest BCUT2D eigenvalue weighted by Gasteiger charge is -2.09. The largest absolute Gasteiger partial charge is 0.352 e. The number of aromatic nitrogens is 2. The minimum Gasteiger partial charge on any atom is -0.352 e. The second-order valence-electron chi connectivity index (χ2n) is 4.88. The second kappa shape index (κ2) is 7.94. The highest BCUT2D eigenvalue weighted by Crippen LogP contribution is 2.19. The van der Waals surface area contributed by atoms with E-state index >= 15 is 0 Å². The third kappa shape index (κ3) is 4.33. The molecule has 24 heavy (non-hydrogen) atoms. The maximum absolute atomic E-state index is 5.98. The number of aliphatic imine (C=N–C) groups is 1. The van der Waals surface area contributed by atoms with Crippen molar-refractivity contribution < 1.29 is 4.52 Å². The number of benzene rings is 1. The zero-order valence-corrected chi connectivity index (χ0v) is 14.6. The van der Waals surface area contributed by atoms with E-state index in [9.17, 15) is 0 Å². The third-order valence-electron chi connectivity index (χ3n) is 3.19. The summed E-state index contributed by atoms with van der Waals surface area (Å²) < 4.78 is 5.26. The van der Waals surface area contributed by atoms with Gasteiger partial charge in [-0.15, -0.1) is 11.3 Å². The first-order valence-electron chi connectivity index (χ1n) is 7.30. The topological polar surface area (TPSA) is 75.3 Å². The molecule has 0 atom stereocenters. The molecule has 2 aromatic heterocycles. The van der Waals surface area contributed by atoms with E-state index in [-0.39, 0.29) is 0 Å². The van der Waals surface area contributed by atoms with Gasteiger partial charge in [-0.3, -0.25) is 4.99 Å². The maximum Gasteiger partial charge on any atom is 0.246 e. The molecule has 0 aliphatic heterocycles.